The Balaban J connectivity index is 1.54. The van der Waals surface area contributed by atoms with Crippen LogP contribution in [0.25, 0.3) is 44.5 Å². The minimum Gasteiger partial charge on any atom is -0.493 e. The molecule has 0 atom stereocenters. The standard InChI is InChI=1S/C28H26N2O2/c1-30(2)15-8-16-31-27-19-22-12-7-6-11-21(22)17-24(27)28-29-25-18-23(13-14-26(25)32-28)20-9-4-3-5-10-20/h3-7,9-14,17-19H,8,15-16H2,1-2H3. The van der Waals surface area contributed by atoms with E-state index >= 15 is 0 Å². The molecule has 0 saturated carbocycles. The zero-order valence-corrected chi connectivity index (χ0v) is 18.4. The van der Waals surface area contributed by atoms with Gasteiger partial charge in [0.25, 0.3) is 0 Å². The lowest BCUT2D eigenvalue weighted by Gasteiger charge is -2.13. The molecule has 5 aromatic rings. The van der Waals surface area contributed by atoms with Crippen LogP contribution in [0.5, 0.6) is 5.75 Å². The molecule has 0 fully saturated rings. The Labute approximate surface area is 188 Å². The number of benzene rings is 4. The molecule has 0 saturated heterocycles. The van der Waals surface area contributed by atoms with Gasteiger partial charge in [0.15, 0.2) is 5.58 Å². The average Bonchev–Trinajstić information content (AvgIpc) is 3.25. The number of aromatic nitrogens is 1. The molecule has 0 spiro atoms. The van der Waals surface area contributed by atoms with Crippen LogP contribution in [-0.4, -0.2) is 37.1 Å². The lowest BCUT2D eigenvalue weighted by molar-refractivity contribution is 0.282. The Kier molecular flexibility index (Phi) is 5.61. The molecule has 4 aromatic carbocycles. The summed E-state index contributed by atoms with van der Waals surface area (Å²) in [5.41, 5.74) is 4.77. The molecule has 4 heteroatoms. The second-order valence-electron chi connectivity index (χ2n) is 8.27. The highest BCUT2D eigenvalue weighted by Gasteiger charge is 2.16. The van der Waals surface area contributed by atoms with Gasteiger partial charge in [0.1, 0.15) is 11.3 Å². The summed E-state index contributed by atoms with van der Waals surface area (Å²) >= 11 is 0. The van der Waals surface area contributed by atoms with Crippen LogP contribution in [-0.2, 0) is 0 Å². The second-order valence-corrected chi connectivity index (χ2v) is 8.27. The van der Waals surface area contributed by atoms with Crippen molar-refractivity contribution in [1.82, 2.24) is 9.88 Å². The molecule has 0 amide bonds. The molecule has 32 heavy (non-hydrogen) atoms. The third-order valence-electron chi connectivity index (χ3n) is 5.58. The minimum atomic E-state index is 0.582. The summed E-state index contributed by atoms with van der Waals surface area (Å²) in [7, 11) is 4.15. The van der Waals surface area contributed by atoms with Gasteiger partial charge in [0.05, 0.1) is 12.2 Å². The van der Waals surface area contributed by atoms with Crippen LogP contribution in [0.2, 0.25) is 0 Å². The highest BCUT2D eigenvalue weighted by atomic mass is 16.5. The first-order valence-electron chi connectivity index (χ1n) is 10.9. The van der Waals surface area contributed by atoms with E-state index in [0.717, 1.165) is 57.3 Å². The molecule has 0 aliphatic carbocycles. The van der Waals surface area contributed by atoms with E-state index in [0.29, 0.717) is 12.5 Å². The van der Waals surface area contributed by atoms with Gasteiger partial charge in [0, 0.05) is 6.54 Å². The van der Waals surface area contributed by atoms with Gasteiger partial charge in [-0.1, -0.05) is 60.7 Å². The summed E-state index contributed by atoms with van der Waals surface area (Å²) in [6.45, 7) is 1.62. The Morgan fingerprint density at radius 3 is 2.34 bits per heavy atom. The number of hydrogen-bond acceptors (Lipinski definition) is 4. The Bertz CT molecular complexity index is 1360. The van der Waals surface area contributed by atoms with Gasteiger partial charge >= 0.3 is 0 Å². The molecule has 0 aliphatic heterocycles. The molecule has 160 valence electrons. The first-order valence-corrected chi connectivity index (χ1v) is 10.9. The van der Waals surface area contributed by atoms with Crippen molar-refractivity contribution in [3.05, 3.63) is 84.9 Å². The number of rotatable bonds is 7. The fourth-order valence-electron chi connectivity index (χ4n) is 3.92. The average molecular weight is 423 g/mol. The third-order valence-corrected chi connectivity index (χ3v) is 5.58. The maximum absolute atomic E-state index is 6.21. The molecule has 1 aromatic heterocycles. The van der Waals surface area contributed by atoms with Crippen LogP contribution >= 0.6 is 0 Å². The van der Waals surface area contributed by atoms with E-state index in [1.54, 1.807) is 0 Å². The van der Waals surface area contributed by atoms with Gasteiger partial charge in [-0.25, -0.2) is 4.98 Å². The predicted octanol–water partition coefficient (Wildman–Crippen LogP) is 6.65. The van der Waals surface area contributed by atoms with Gasteiger partial charge in [-0.3, -0.25) is 0 Å². The van der Waals surface area contributed by atoms with Crippen LogP contribution in [0.15, 0.2) is 89.3 Å². The zero-order valence-electron chi connectivity index (χ0n) is 18.4. The van der Waals surface area contributed by atoms with Crippen molar-refractivity contribution < 1.29 is 9.15 Å². The largest absolute Gasteiger partial charge is 0.493 e. The minimum absolute atomic E-state index is 0.582. The lowest BCUT2D eigenvalue weighted by Crippen LogP contribution is -2.15. The summed E-state index contributed by atoms with van der Waals surface area (Å²) in [5, 5.41) is 2.27. The van der Waals surface area contributed by atoms with E-state index in [2.05, 4.69) is 67.5 Å². The fourth-order valence-corrected chi connectivity index (χ4v) is 3.92. The van der Waals surface area contributed by atoms with E-state index < -0.39 is 0 Å². The first-order chi connectivity index (χ1) is 15.7. The summed E-state index contributed by atoms with van der Waals surface area (Å²) in [6.07, 6.45) is 0.952. The smallest absolute Gasteiger partial charge is 0.231 e. The van der Waals surface area contributed by atoms with Crippen LogP contribution < -0.4 is 4.74 Å². The maximum Gasteiger partial charge on any atom is 0.231 e. The molecule has 0 radical (unpaired) electrons. The number of ether oxygens (including phenoxy) is 1. The van der Waals surface area contributed by atoms with Crippen molar-refractivity contribution in [3.8, 4) is 28.3 Å². The van der Waals surface area contributed by atoms with Crippen LogP contribution in [0, 0.1) is 0 Å². The van der Waals surface area contributed by atoms with Crippen molar-refractivity contribution >= 4 is 21.9 Å². The number of hydrogen-bond donors (Lipinski definition) is 0. The predicted molar refractivity (Wildman–Crippen MR) is 131 cm³/mol. The number of fused-ring (bicyclic) bond motifs is 2. The van der Waals surface area contributed by atoms with Crippen molar-refractivity contribution in [1.29, 1.82) is 0 Å². The van der Waals surface area contributed by atoms with Crippen LogP contribution in [0.3, 0.4) is 0 Å². The summed E-state index contributed by atoms with van der Waals surface area (Å²) < 4.78 is 12.4. The van der Waals surface area contributed by atoms with Gasteiger partial charge < -0.3 is 14.1 Å². The lowest BCUT2D eigenvalue weighted by atomic mass is 10.1. The normalized spacial score (nSPS) is 11.5. The van der Waals surface area contributed by atoms with Crippen LogP contribution in [0.4, 0.5) is 0 Å². The number of nitrogens with zero attached hydrogens (tertiary/aromatic N) is 2. The SMILES string of the molecule is CN(C)CCCOc1cc2ccccc2cc1-c1nc2cc(-c3ccccc3)ccc2o1. The summed E-state index contributed by atoms with van der Waals surface area (Å²) in [6, 6.07) is 29.0. The summed E-state index contributed by atoms with van der Waals surface area (Å²) in [5.74, 6) is 1.39. The third kappa shape index (κ3) is 4.23. The molecular weight excluding hydrogens is 396 g/mol. The van der Waals surface area contributed by atoms with Crippen molar-refractivity contribution in [2.24, 2.45) is 0 Å². The second kappa shape index (κ2) is 8.85. The van der Waals surface area contributed by atoms with E-state index in [1.807, 2.05) is 36.4 Å². The van der Waals surface area contributed by atoms with Gasteiger partial charge in [0.2, 0.25) is 5.89 Å². The van der Waals surface area contributed by atoms with E-state index in [4.69, 9.17) is 14.1 Å². The molecule has 5 rings (SSSR count). The topological polar surface area (TPSA) is 38.5 Å². The molecule has 4 nitrogen and oxygen atoms in total. The van der Waals surface area contributed by atoms with E-state index in [9.17, 15) is 0 Å². The molecule has 0 N–H and O–H groups in total. The zero-order chi connectivity index (χ0) is 21.9. The highest BCUT2D eigenvalue weighted by molar-refractivity contribution is 5.90. The fraction of sp³-hybridized carbons (Fsp3) is 0.179. The quantitative estimate of drug-likeness (QED) is 0.275. The summed E-state index contributed by atoms with van der Waals surface area (Å²) in [4.78, 5) is 7.00. The highest BCUT2D eigenvalue weighted by Crippen LogP contribution is 2.36. The monoisotopic (exact) mass is 422 g/mol. The molecule has 0 bridgehead atoms. The van der Waals surface area contributed by atoms with E-state index in [1.165, 1.54) is 0 Å². The molecule has 1 heterocycles. The van der Waals surface area contributed by atoms with E-state index in [-0.39, 0.29) is 0 Å². The van der Waals surface area contributed by atoms with Crippen molar-refractivity contribution in [2.75, 3.05) is 27.2 Å². The first kappa shape index (κ1) is 20.3. The van der Waals surface area contributed by atoms with Crippen LogP contribution in [0.1, 0.15) is 6.42 Å². The van der Waals surface area contributed by atoms with Crippen molar-refractivity contribution in [3.63, 3.8) is 0 Å². The number of oxazole rings is 1. The Morgan fingerprint density at radius 2 is 1.56 bits per heavy atom. The molecule has 0 unspecified atom stereocenters. The molecular formula is C28H26N2O2. The Hall–Kier alpha value is -3.63. The maximum atomic E-state index is 6.21. The Morgan fingerprint density at radius 1 is 0.812 bits per heavy atom. The van der Waals surface area contributed by atoms with Gasteiger partial charge in [-0.15, -0.1) is 0 Å². The molecule has 0 aliphatic rings. The van der Waals surface area contributed by atoms with Crippen molar-refractivity contribution in [2.45, 2.75) is 6.42 Å². The van der Waals surface area contributed by atoms with Gasteiger partial charge in [-0.2, -0.15) is 0 Å². The van der Waals surface area contributed by atoms with Gasteiger partial charge in [-0.05, 0) is 66.7 Å².